The summed E-state index contributed by atoms with van der Waals surface area (Å²) in [5.74, 6) is 0.305. The molecule has 1 heterocycles. The minimum Gasteiger partial charge on any atom is -0.318 e. The predicted octanol–water partition coefficient (Wildman–Crippen LogP) is 0.297. The maximum absolute atomic E-state index is 12.6. The van der Waals surface area contributed by atoms with Crippen molar-refractivity contribution in [3.05, 3.63) is 17.9 Å². The van der Waals surface area contributed by atoms with Gasteiger partial charge in [-0.15, -0.1) is 0 Å². The zero-order valence-corrected chi connectivity index (χ0v) is 6.34. The molecule has 60 valence electrons. The molecular weight excluding hydrogens is 145 g/mol. The van der Waals surface area contributed by atoms with Crippen LogP contribution in [-0.2, 0) is 6.54 Å². The molecule has 0 aromatic carbocycles. The lowest BCUT2D eigenvalue weighted by Crippen LogP contribution is -2.39. The van der Waals surface area contributed by atoms with E-state index in [4.69, 9.17) is 11.5 Å². The second-order valence-corrected chi connectivity index (χ2v) is 2.27. The number of rotatable bonds is 1. The van der Waals surface area contributed by atoms with Gasteiger partial charge in [-0.1, -0.05) is 0 Å². The van der Waals surface area contributed by atoms with Crippen LogP contribution in [-0.4, -0.2) is 0 Å². The molecule has 0 saturated carbocycles. The largest absolute Gasteiger partial charge is 0.318 e. The van der Waals surface area contributed by atoms with Crippen LogP contribution in [0.3, 0.4) is 0 Å². The van der Waals surface area contributed by atoms with Crippen molar-refractivity contribution >= 4 is 11.6 Å². The van der Waals surface area contributed by atoms with Crippen molar-refractivity contribution in [1.82, 2.24) is 0 Å². The van der Waals surface area contributed by atoms with Crippen molar-refractivity contribution < 1.29 is 8.96 Å². The van der Waals surface area contributed by atoms with Gasteiger partial charge >= 0.3 is 0 Å². The topological polar surface area (TPSA) is 55.9 Å². The number of anilines is 2. The fraction of sp³-hybridized carbons (Fsp3) is 0.286. The Morgan fingerprint density at radius 2 is 1.82 bits per heavy atom. The van der Waals surface area contributed by atoms with E-state index >= 15 is 0 Å². The minimum atomic E-state index is -0.398. The second-order valence-electron chi connectivity index (χ2n) is 2.27. The van der Waals surface area contributed by atoms with Crippen LogP contribution in [0.1, 0.15) is 6.92 Å². The Kier molecular flexibility index (Phi) is 1.94. The number of hydrogen-bond donors (Lipinski definition) is 2. The summed E-state index contributed by atoms with van der Waals surface area (Å²) in [7, 11) is 0. The molecule has 1 aromatic heterocycles. The first-order chi connectivity index (χ1) is 5.15. The fourth-order valence-electron chi connectivity index (χ4n) is 0.994. The summed E-state index contributed by atoms with van der Waals surface area (Å²) in [5.41, 5.74) is 11.0. The third kappa shape index (κ3) is 1.39. The molecule has 1 aromatic rings. The van der Waals surface area contributed by atoms with Crippen molar-refractivity contribution in [1.29, 1.82) is 0 Å². The first-order valence-electron chi connectivity index (χ1n) is 3.39. The third-order valence-corrected chi connectivity index (χ3v) is 1.51. The van der Waals surface area contributed by atoms with Crippen LogP contribution in [0.4, 0.5) is 16.0 Å². The highest BCUT2D eigenvalue weighted by atomic mass is 19.1. The van der Waals surface area contributed by atoms with E-state index in [1.165, 1.54) is 12.1 Å². The lowest BCUT2D eigenvalue weighted by molar-refractivity contribution is -0.665. The molecule has 0 spiro atoms. The van der Waals surface area contributed by atoms with Crippen LogP contribution in [0.5, 0.6) is 0 Å². The van der Waals surface area contributed by atoms with E-state index < -0.39 is 5.82 Å². The highest BCUT2D eigenvalue weighted by molar-refractivity contribution is 5.30. The smallest absolute Gasteiger partial charge is 0.222 e. The molecule has 0 unspecified atom stereocenters. The van der Waals surface area contributed by atoms with Gasteiger partial charge in [0.25, 0.3) is 0 Å². The molecule has 0 aliphatic heterocycles. The van der Waals surface area contributed by atoms with Crippen molar-refractivity contribution in [3.63, 3.8) is 0 Å². The minimum absolute atomic E-state index is 0.352. The molecule has 0 aliphatic rings. The molecule has 0 bridgehead atoms. The van der Waals surface area contributed by atoms with Crippen LogP contribution >= 0.6 is 0 Å². The Morgan fingerprint density at radius 1 is 1.36 bits per heavy atom. The fourth-order valence-corrected chi connectivity index (χ4v) is 0.994. The molecule has 4 N–H and O–H groups in total. The maximum Gasteiger partial charge on any atom is 0.222 e. The van der Waals surface area contributed by atoms with E-state index in [1.807, 2.05) is 6.92 Å². The Balaban J connectivity index is 3.25. The zero-order valence-electron chi connectivity index (χ0n) is 6.34. The zero-order chi connectivity index (χ0) is 8.43. The van der Waals surface area contributed by atoms with E-state index in [9.17, 15) is 4.39 Å². The summed E-state index contributed by atoms with van der Waals surface area (Å²) in [6.45, 7) is 2.54. The van der Waals surface area contributed by atoms with Gasteiger partial charge in [-0.3, -0.25) is 0 Å². The number of nitrogen functional groups attached to an aromatic ring is 2. The predicted molar refractivity (Wildman–Crippen MR) is 41.1 cm³/mol. The summed E-state index contributed by atoms with van der Waals surface area (Å²) in [6.07, 6.45) is 0. The van der Waals surface area contributed by atoms with Crippen molar-refractivity contribution in [2.24, 2.45) is 0 Å². The van der Waals surface area contributed by atoms with Gasteiger partial charge in [0.1, 0.15) is 5.82 Å². The number of hydrogen-bond acceptors (Lipinski definition) is 2. The monoisotopic (exact) mass is 156 g/mol. The first-order valence-corrected chi connectivity index (χ1v) is 3.39. The van der Waals surface area contributed by atoms with Gasteiger partial charge in [-0.25, -0.2) is 8.96 Å². The van der Waals surface area contributed by atoms with E-state index in [-0.39, 0.29) is 0 Å². The molecule has 0 fully saturated rings. The van der Waals surface area contributed by atoms with Gasteiger partial charge in [0, 0.05) is 12.1 Å². The lowest BCUT2D eigenvalue weighted by Gasteiger charge is -2.03. The summed E-state index contributed by atoms with van der Waals surface area (Å²) < 4.78 is 14.2. The van der Waals surface area contributed by atoms with Crippen LogP contribution < -0.4 is 16.0 Å². The molecule has 11 heavy (non-hydrogen) atoms. The van der Waals surface area contributed by atoms with Gasteiger partial charge in [-0.05, 0) is 6.92 Å². The average molecular weight is 156 g/mol. The highest BCUT2D eigenvalue weighted by Gasteiger charge is 2.07. The van der Waals surface area contributed by atoms with E-state index in [0.29, 0.717) is 18.2 Å². The third-order valence-electron chi connectivity index (χ3n) is 1.51. The van der Waals surface area contributed by atoms with E-state index in [1.54, 1.807) is 4.57 Å². The van der Waals surface area contributed by atoms with Gasteiger partial charge in [0.2, 0.25) is 11.6 Å². The summed E-state index contributed by atoms with van der Waals surface area (Å²) in [4.78, 5) is 0. The Bertz CT molecular complexity index is 249. The SMILES string of the molecule is CC[n+]1c(N)cc(F)cc1N. The van der Waals surface area contributed by atoms with Crippen molar-refractivity contribution in [2.45, 2.75) is 13.5 Å². The maximum atomic E-state index is 12.6. The Labute approximate surface area is 64.4 Å². The summed E-state index contributed by atoms with van der Waals surface area (Å²) in [5, 5.41) is 0. The second kappa shape index (κ2) is 2.74. The highest BCUT2D eigenvalue weighted by Crippen LogP contribution is 2.04. The normalized spacial score (nSPS) is 10.0. The Morgan fingerprint density at radius 3 is 2.18 bits per heavy atom. The Hall–Kier alpha value is -1.32. The lowest BCUT2D eigenvalue weighted by atomic mass is 10.4. The van der Waals surface area contributed by atoms with Gasteiger partial charge in [-0.2, -0.15) is 0 Å². The van der Waals surface area contributed by atoms with Crippen LogP contribution in [0, 0.1) is 5.82 Å². The van der Waals surface area contributed by atoms with Gasteiger partial charge < -0.3 is 11.5 Å². The van der Waals surface area contributed by atoms with E-state index in [2.05, 4.69) is 0 Å². The number of nitrogens with zero attached hydrogens (tertiary/aromatic N) is 1. The molecule has 4 heteroatoms. The van der Waals surface area contributed by atoms with Crippen LogP contribution in [0.2, 0.25) is 0 Å². The summed E-state index contributed by atoms with van der Waals surface area (Å²) >= 11 is 0. The first kappa shape index (κ1) is 7.78. The molecule has 0 saturated heterocycles. The standard InChI is InChI=1S/C7H10FN3/c1-2-11-6(9)3-5(8)4-7(11)10/h3-4H,2H2,1H3,(H3,9,10)/p+1. The summed E-state index contributed by atoms with van der Waals surface area (Å²) in [6, 6.07) is 2.50. The van der Waals surface area contributed by atoms with E-state index in [0.717, 1.165) is 0 Å². The van der Waals surface area contributed by atoms with Crippen molar-refractivity contribution in [2.75, 3.05) is 11.5 Å². The molecular formula is C7H11FN3+. The van der Waals surface area contributed by atoms with Crippen molar-refractivity contribution in [3.8, 4) is 0 Å². The molecule has 0 atom stereocenters. The van der Waals surface area contributed by atoms with Gasteiger partial charge in [0.05, 0.1) is 6.54 Å². The number of pyridine rings is 1. The average Bonchev–Trinajstić information content (AvgIpc) is 1.85. The number of halogens is 1. The van der Waals surface area contributed by atoms with Gasteiger partial charge in [0.15, 0.2) is 0 Å². The van der Waals surface area contributed by atoms with Crippen LogP contribution in [0.15, 0.2) is 12.1 Å². The number of nitrogens with two attached hydrogens (primary N) is 2. The molecule has 3 nitrogen and oxygen atoms in total. The quantitative estimate of drug-likeness (QED) is 0.574. The molecule has 0 amide bonds. The molecule has 0 aliphatic carbocycles. The molecule has 1 rings (SSSR count). The molecule has 0 radical (unpaired) electrons. The number of aromatic nitrogens is 1. The van der Waals surface area contributed by atoms with Crippen LogP contribution in [0.25, 0.3) is 0 Å².